The second kappa shape index (κ2) is 5.61. The first-order valence-electron chi connectivity index (χ1n) is 5.20. The Kier molecular flexibility index (Phi) is 3.91. The molecule has 0 bridgehead atoms. The highest BCUT2D eigenvalue weighted by molar-refractivity contribution is 6.30. The highest BCUT2D eigenvalue weighted by atomic mass is 35.5. The van der Waals surface area contributed by atoms with Gasteiger partial charge in [-0.2, -0.15) is 0 Å². The molecule has 0 unspecified atom stereocenters. The Hall–Kier alpha value is -1.92. The molecule has 0 radical (unpaired) electrons. The third kappa shape index (κ3) is 3.06. The van der Waals surface area contributed by atoms with Gasteiger partial charge in [-0.15, -0.1) is 0 Å². The van der Waals surface area contributed by atoms with E-state index in [2.05, 4.69) is 10.5 Å². The first kappa shape index (κ1) is 12.5. The van der Waals surface area contributed by atoms with Gasteiger partial charge >= 0.3 is 0 Å². The number of hydrogen-bond donors (Lipinski definition) is 1. The molecule has 6 nitrogen and oxygen atoms in total. The van der Waals surface area contributed by atoms with Crippen molar-refractivity contribution in [3.05, 3.63) is 56.9 Å². The molecule has 1 aromatic carbocycles. The summed E-state index contributed by atoms with van der Waals surface area (Å²) in [6, 6.07) is 6.32. The number of nitrogens with zero attached hydrogens (tertiary/aromatic N) is 2. The van der Waals surface area contributed by atoms with E-state index in [-0.39, 0.29) is 5.69 Å². The topological polar surface area (TPSA) is 81.2 Å². The summed E-state index contributed by atoms with van der Waals surface area (Å²) in [6.45, 7) is 0.813. The number of hydrogen-bond acceptors (Lipinski definition) is 5. The molecule has 2 aromatic rings. The monoisotopic (exact) mass is 267 g/mol. The van der Waals surface area contributed by atoms with E-state index in [9.17, 15) is 10.1 Å². The van der Waals surface area contributed by atoms with Crippen molar-refractivity contribution in [1.82, 2.24) is 10.5 Å². The van der Waals surface area contributed by atoms with Crippen molar-refractivity contribution >= 4 is 17.3 Å². The molecule has 0 amide bonds. The van der Waals surface area contributed by atoms with Crippen LogP contribution in [0.2, 0.25) is 5.02 Å². The molecule has 1 heterocycles. The zero-order valence-corrected chi connectivity index (χ0v) is 10.1. The molecule has 1 N–H and O–H groups in total. The molecule has 2 rings (SSSR count). The van der Waals surface area contributed by atoms with E-state index in [1.54, 1.807) is 24.4 Å². The molecule has 0 spiro atoms. The fourth-order valence-electron chi connectivity index (χ4n) is 1.51. The highest BCUT2D eigenvalue weighted by Gasteiger charge is 2.13. The maximum absolute atomic E-state index is 10.9. The number of nitro benzene ring substituents is 1. The molecule has 0 aliphatic rings. The zero-order chi connectivity index (χ0) is 13.0. The largest absolute Gasteiger partial charge is 0.360 e. The van der Waals surface area contributed by atoms with Crippen LogP contribution >= 0.6 is 11.6 Å². The molecule has 0 saturated heterocycles. The molecule has 7 heteroatoms. The predicted molar refractivity (Wildman–Crippen MR) is 65.2 cm³/mol. The maximum atomic E-state index is 10.9. The first-order chi connectivity index (χ1) is 8.66. The van der Waals surface area contributed by atoms with Gasteiger partial charge in [0.1, 0.15) is 5.76 Å². The number of halogens is 1. The van der Waals surface area contributed by atoms with Crippen molar-refractivity contribution in [2.75, 3.05) is 0 Å². The van der Waals surface area contributed by atoms with E-state index < -0.39 is 4.92 Å². The fourth-order valence-corrected chi connectivity index (χ4v) is 1.68. The Bertz CT molecular complexity index is 542. The van der Waals surface area contributed by atoms with Gasteiger partial charge in [0.25, 0.3) is 5.69 Å². The van der Waals surface area contributed by atoms with Crippen LogP contribution in [0.25, 0.3) is 0 Å². The van der Waals surface area contributed by atoms with Crippen LogP contribution < -0.4 is 5.32 Å². The van der Waals surface area contributed by atoms with Crippen LogP contribution in [0, 0.1) is 10.1 Å². The Labute approximate surface area is 108 Å². The molecule has 0 atom stereocenters. The van der Waals surface area contributed by atoms with Gasteiger partial charge in [0.15, 0.2) is 0 Å². The van der Waals surface area contributed by atoms with Crippen molar-refractivity contribution < 1.29 is 9.45 Å². The molecule has 94 valence electrons. The van der Waals surface area contributed by atoms with Crippen molar-refractivity contribution in [3.8, 4) is 0 Å². The van der Waals surface area contributed by atoms with Crippen LogP contribution in [0.3, 0.4) is 0 Å². The predicted octanol–water partition coefficient (Wildman–Crippen LogP) is 2.53. The summed E-state index contributed by atoms with van der Waals surface area (Å²) in [4.78, 5) is 10.4. The minimum atomic E-state index is -0.447. The van der Waals surface area contributed by atoms with Crippen molar-refractivity contribution in [3.63, 3.8) is 0 Å². The molecular weight excluding hydrogens is 258 g/mol. The van der Waals surface area contributed by atoms with Gasteiger partial charge in [0.05, 0.1) is 17.7 Å². The van der Waals surface area contributed by atoms with Crippen LogP contribution in [-0.4, -0.2) is 10.1 Å². The van der Waals surface area contributed by atoms with Gasteiger partial charge in [0.2, 0.25) is 0 Å². The number of aromatic nitrogens is 1. The number of rotatable bonds is 5. The van der Waals surface area contributed by atoms with E-state index in [0.29, 0.717) is 29.4 Å². The van der Waals surface area contributed by atoms with Gasteiger partial charge in [-0.3, -0.25) is 10.1 Å². The van der Waals surface area contributed by atoms with E-state index in [1.165, 1.54) is 6.07 Å². The minimum Gasteiger partial charge on any atom is -0.360 e. The molecular formula is C11H10ClN3O3. The average Bonchev–Trinajstić information content (AvgIpc) is 2.84. The summed E-state index contributed by atoms with van der Waals surface area (Å²) in [7, 11) is 0. The lowest BCUT2D eigenvalue weighted by Crippen LogP contribution is -2.13. The molecule has 18 heavy (non-hydrogen) atoms. The minimum absolute atomic E-state index is 0.00701. The van der Waals surface area contributed by atoms with E-state index >= 15 is 0 Å². The van der Waals surface area contributed by atoms with Gasteiger partial charge in [-0.1, -0.05) is 16.8 Å². The smallest absolute Gasteiger partial charge is 0.275 e. The molecule has 0 saturated carbocycles. The van der Waals surface area contributed by atoms with Crippen LogP contribution in [0.15, 0.2) is 35.0 Å². The molecule has 0 aliphatic heterocycles. The molecule has 0 aliphatic carbocycles. The Morgan fingerprint density at radius 3 is 2.89 bits per heavy atom. The lowest BCUT2D eigenvalue weighted by atomic mass is 10.2. The molecule has 1 aromatic heterocycles. The van der Waals surface area contributed by atoms with Gasteiger partial charge in [0, 0.05) is 29.3 Å². The third-order valence-corrected chi connectivity index (χ3v) is 2.59. The number of benzene rings is 1. The normalized spacial score (nSPS) is 10.5. The summed E-state index contributed by atoms with van der Waals surface area (Å²) in [5, 5.41) is 17.8. The maximum Gasteiger partial charge on any atom is 0.275 e. The van der Waals surface area contributed by atoms with Crippen molar-refractivity contribution in [1.29, 1.82) is 0 Å². The quantitative estimate of drug-likeness (QED) is 0.665. The number of nitro groups is 1. The standard InChI is InChI=1S/C11H10ClN3O3/c12-9-2-1-8(11(5-9)15(16)17)6-13-7-10-3-4-14-18-10/h1-5,13H,6-7H2. The van der Waals surface area contributed by atoms with E-state index in [1.807, 2.05) is 0 Å². The summed E-state index contributed by atoms with van der Waals surface area (Å²) in [5.74, 6) is 0.673. The summed E-state index contributed by atoms with van der Waals surface area (Å²) < 4.78 is 4.90. The SMILES string of the molecule is O=[N+]([O-])c1cc(Cl)ccc1CNCc1ccno1. The summed E-state index contributed by atoms with van der Waals surface area (Å²) >= 11 is 5.73. The van der Waals surface area contributed by atoms with Gasteiger partial charge < -0.3 is 9.84 Å². The zero-order valence-electron chi connectivity index (χ0n) is 9.30. The van der Waals surface area contributed by atoms with Crippen molar-refractivity contribution in [2.45, 2.75) is 13.1 Å². The van der Waals surface area contributed by atoms with Crippen molar-refractivity contribution in [2.24, 2.45) is 0 Å². The Balaban J connectivity index is 2.02. The summed E-state index contributed by atoms with van der Waals surface area (Å²) in [5.41, 5.74) is 0.580. The van der Waals surface area contributed by atoms with E-state index in [4.69, 9.17) is 16.1 Å². The number of nitrogens with one attached hydrogen (secondary N) is 1. The van der Waals surface area contributed by atoms with Crippen LogP contribution in [0.1, 0.15) is 11.3 Å². The van der Waals surface area contributed by atoms with E-state index in [0.717, 1.165) is 0 Å². The fraction of sp³-hybridized carbons (Fsp3) is 0.182. The molecule has 0 fully saturated rings. The third-order valence-electron chi connectivity index (χ3n) is 2.35. The Morgan fingerprint density at radius 2 is 2.22 bits per heavy atom. The van der Waals surface area contributed by atoms with Crippen LogP contribution in [0.4, 0.5) is 5.69 Å². The van der Waals surface area contributed by atoms with Gasteiger partial charge in [-0.05, 0) is 12.1 Å². The second-order valence-corrected chi connectivity index (χ2v) is 4.05. The Morgan fingerprint density at radius 1 is 1.39 bits per heavy atom. The van der Waals surface area contributed by atoms with Gasteiger partial charge in [-0.25, -0.2) is 0 Å². The highest BCUT2D eigenvalue weighted by Crippen LogP contribution is 2.23. The lowest BCUT2D eigenvalue weighted by Gasteiger charge is -2.04. The first-order valence-corrected chi connectivity index (χ1v) is 5.57. The summed E-state index contributed by atoms with van der Waals surface area (Å²) in [6.07, 6.45) is 1.54. The second-order valence-electron chi connectivity index (χ2n) is 3.61. The van der Waals surface area contributed by atoms with Crippen LogP contribution in [-0.2, 0) is 13.1 Å². The lowest BCUT2D eigenvalue weighted by molar-refractivity contribution is -0.385. The van der Waals surface area contributed by atoms with Crippen LogP contribution in [0.5, 0.6) is 0 Å². The average molecular weight is 268 g/mol.